The average molecular weight is 462 g/mol. The van der Waals surface area contributed by atoms with E-state index in [1.54, 1.807) is 18.3 Å². The van der Waals surface area contributed by atoms with Crippen LogP contribution in [0, 0.1) is 5.92 Å². The minimum absolute atomic E-state index is 0.0213. The molecule has 1 aliphatic carbocycles. The second-order valence-electron chi connectivity index (χ2n) is 6.76. The van der Waals surface area contributed by atoms with Crippen LogP contribution in [-0.2, 0) is 19.5 Å². The average Bonchev–Trinajstić information content (AvgIpc) is 3.09. The summed E-state index contributed by atoms with van der Waals surface area (Å²) in [5.74, 6) is -6.63. The molecule has 1 aliphatic rings. The summed E-state index contributed by atoms with van der Waals surface area (Å²) < 4.78 is 52.1. The van der Waals surface area contributed by atoms with Gasteiger partial charge in [-0.3, -0.25) is 9.78 Å². The fourth-order valence-electron chi connectivity index (χ4n) is 2.75. The zero-order chi connectivity index (χ0) is 22.1. The molecule has 0 aliphatic heterocycles. The van der Waals surface area contributed by atoms with Crippen LogP contribution in [0.25, 0.3) is 5.69 Å². The summed E-state index contributed by atoms with van der Waals surface area (Å²) in [4.78, 5) is 22.5. The molecule has 0 aromatic carbocycles. The van der Waals surface area contributed by atoms with Gasteiger partial charge >= 0.3 is 0 Å². The number of pyridine rings is 1. The first-order valence-corrected chi connectivity index (χ1v) is 10.9. The molecule has 30 heavy (non-hydrogen) atoms. The highest BCUT2D eigenvalue weighted by molar-refractivity contribution is 7.92. The Morgan fingerprint density at radius 2 is 2.20 bits per heavy atom. The summed E-state index contributed by atoms with van der Waals surface area (Å²) in [5.41, 5.74) is 0.305. The van der Waals surface area contributed by atoms with Gasteiger partial charge in [-0.1, -0.05) is 16.8 Å². The number of alkyl halides is 2. The predicted octanol–water partition coefficient (Wildman–Crippen LogP) is 1.96. The lowest BCUT2D eigenvalue weighted by atomic mass is 10.3. The Morgan fingerprint density at radius 1 is 1.50 bits per heavy atom. The van der Waals surface area contributed by atoms with Crippen molar-refractivity contribution in [1.82, 2.24) is 14.8 Å². The Labute approximate surface area is 176 Å². The van der Waals surface area contributed by atoms with Crippen LogP contribution in [0.15, 0.2) is 35.9 Å². The van der Waals surface area contributed by atoms with Crippen LogP contribution in [0.4, 0.5) is 14.5 Å². The van der Waals surface area contributed by atoms with Gasteiger partial charge in [0.05, 0.1) is 23.8 Å². The highest BCUT2D eigenvalue weighted by Gasteiger charge is 2.58. The van der Waals surface area contributed by atoms with Gasteiger partial charge in [-0.2, -0.15) is 5.10 Å². The molecule has 1 unspecified atom stereocenters. The first-order valence-electron chi connectivity index (χ1n) is 8.66. The molecule has 1 fully saturated rings. The maximum Gasteiger partial charge on any atom is 0.277 e. The molecule has 13 heteroatoms. The van der Waals surface area contributed by atoms with Gasteiger partial charge in [0.15, 0.2) is 20.7 Å². The Balaban J connectivity index is 1.79. The molecule has 9 nitrogen and oxygen atoms in total. The minimum atomic E-state index is -4.02. The number of hydrogen-bond donors (Lipinski definition) is 0. The molecular formula is C17H18ClF2N5O4S. The number of nitrogens with zero attached hydrogens (tertiary/aromatic N) is 5. The molecule has 3 rings (SSSR count). The Morgan fingerprint density at radius 3 is 2.77 bits per heavy atom. The zero-order valence-electron chi connectivity index (χ0n) is 16.0. The highest BCUT2D eigenvalue weighted by Crippen LogP contribution is 2.49. The van der Waals surface area contributed by atoms with Crippen molar-refractivity contribution in [1.29, 1.82) is 0 Å². The highest BCUT2D eigenvalue weighted by atomic mass is 35.5. The van der Waals surface area contributed by atoms with E-state index in [1.165, 1.54) is 24.1 Å². The molecule has 1 amide bonds. The molecule has 0 spiro atoms. The van der Waals surface area contributed by atoms with Gasteiger partial charge in [-0.05, 0) is 12.1 Å². The van der Waals surface area contributed by atoms with E-state index in [-0.39, 0.29) is 10.8 Å². The fourth-order valence-corrected chi connectivity index (χ4v) is 4.70. The quantitative estimate of drug-likeness (QED) is 0.439. The number of amides is 1. The van der Waals surface area contributed by atoms with Crippen LogP contribution in [0.2, 0.25) is 5.15 Å². The van der Waals surface area contributed by atoms with E-state index in [9.17, 15) is 22.0 Å². The minimum Gasteiger partial charge on any atom is -0.399 e. The van der Waals surface area contributed by atoms with Gasteiger partial charge < -0.3 is 9.74 Å². The molecule has 0 N–H and O–H groups in total. The van der Waals surface area contributed by atoms with Gasteiger partial charge in [0.1, 0.15) is 18.6 Å². The number of carbonyl (C=O) groups is 1. The van der Waals surface area contributed by atoms with Crippen LogP contribution in [-0.4, -0.2) is 66.4 Å². The number of sulfone groups is 1. The standard InChI is InChI=1S/C17H18ClF2N5O4S/c1-24(14-8-25(22-15(14)18)12-4-3-5-21-7-12)16(26)13(23-29-2)10-30(27,28)9-11-6-17(11,19)20/h3-5,7-8,11H,6,9-10H2,1-2H3. The van der Waals surface area contributed by atoms with Gasteiger partial charge in [0.2, 0.25) is 0 Å². The van der Waals surface area contributed by atoms with E-state index in [0.29, 0.717) is 5.69 Å². The third kappa shape index (κ3) is 4.93. The first-order chi connectivity index (χ1) is 14.0. The van der Waals surface area contributed by atoms with Crippen molar-refractivity contribution in [2.75, 3.05) is 30.6 Å². The van der Waals surface area contributed by atoms with Crippen molar-refractivity contribution >= 4 is 38.7 Å². The van der Waals surface area contributed by atoms with E-state index in [2.05, 4.69) is 20.1 Å². The van der Waals surface area contributed by atoms with Crippen LogP contribution in [0.5, 0.6) is 0 Å². The summed E-state index contributed by atoms with van der Waals surface area (Å²) >= 11 is 6.14. The number of rotatable bonds is 8. The summed E-state index contributed by atoms with van der Waals surface area (Å²) in [6.45, 7) is 0. The van der Waals surface area contributed by atoms with Crippen LogP contribution in [0.3, 0.4) is 0 Å². The van der Waals surface area contributed by atoms with Crippen molar-refractivity contribution in [2.45, 2.75) is 12.3 Å². The molecule has 1 saturated carbocycles. The van der Waals surface area contributed by atoms with Gasteiger partial charge in [0, 0.05) is 25.6 Å². The maximum absolute atomic E-state index is 13.1. The topological polar surface area (TPSA) is 107 Å². The van der Waals surface area contributed by atoms with E-state index in [4.69, 9.17) is 11.6 Å². The smallest absolute Gasteiger partial charge is 0.277 e. The molecule has 2 aromatic heterocycles. The molecule has 0 saturated heterocycles. The van der Waals surface area contributed by atoms with Gasteiger partial charge in [-0.25, -0.2) is 21.9 Å². The number of halogens is 3. The van der Waals surface area contributed by atoms with Crippen molar-refractivity contribution in [3.63, 3.8) is 0 Å². The largest absolute Gasteiger partial charge is 0.399 e. The lowest BCUT2D eigenvalue weighted by Crippen LogP contribution is -2.38. The van der Waals surface area contributed by atoms with Crippen LogP contribution < -0.4 is 4.90 Å². The predicted molar refractivity (Wildman–Crippen MR) is 106 cm³/mol. The number of hydrogen-bond acceptors (Lipinski definition) is 7. The lowest BCUT2D eigenvalue weighted by Gasteiger charge is -2.16. The molecule has 0 radical (unpaired) electrons. The number of oxime groups is 1. The second kappa shape index (κ2) is 8.26. The zero-order valence-corrected chi connectivity index (χ0v) is 17.6. The monoisotopic (exact) mass is 461 g/mol. The molecular weight excluding hydrogens is 444 g/mol. The van der Waals surface area contributed by atoms with Gasteiger partial charge in [0.25, 0.3) is 11.8 Å². The van der Waals surface area contributed by atoms with Crippen molar-refractivity contribution in [2.24, 2.45) is 11.1 Å². The molecule has 2 aromatic rings. The summed E-state index contributed by atoms with van der Waals surface area (Å²) in [7, 11) is -1.53. The van der Waals surface area contributed by atoms with Crippen LogP contribution in [0.1, 0.15) is 6.42 Å². The fraction of sp³-hybridized carbons (Fsp3) is 0.412. The lowest BCUT2D eigenvalue weighted by molar-refractivity contribution is -0.112. The maximum atomic E-state index is 13.1. The van der Waals surface area contributed by atoms with Crippen LogP contribution >= 0.6 is 11.6 Å². The Kier molecular flexibility index (Phi) is 6.09. The van der Waals surface area contributed by atoms with Crippen molar-refractivity contribution < 1.29 is 26.8 Å². The molecule has 1 atom stereocenters. The first kappa shape index (κ1) is 22.1. The SMILES string of the molecule is CON=C(CS(=O)(=O)CC1CC1(F)F)C(=O)N(C)c1cn(-c2cccnc2)nc1Cl. The van der Waals surface area contributed by atoms with E-state index >= 15 is 0 Å². The van der Waals surface area contributed by atoms with E-state index in [1.807, 2.05) is 0 Å². The molecule has 2 heterocycles. The van der Waals surface area contributed by atoms with Gasteiger partial charge in [-0.15, -0.1) is 0 Å². The Hall–Kier alpha value is -2.60. The third-order valence-electron chi connectivity index (χ3n) is 4.44. The van der Waals surface area contributed by atoms with E-state index < -0.39 is 51.2 Å². The Bertz CT molecular complexity index is 1080. The number of aromatic nitrogens is 3. The summed E-state index contributed by atoms with van der Waals surface area (Å²) in [5, 5.41) is 7.58. The van der Waals surface area contributed by atoms with Crippen molar-refractivity contribution in [3.8, 4) is 5.69 Å². The summed E-state index contributed by atoms with van der Waals surface area (Å²) in [6.07, 6.45) is 4.09. The summed E-state index contributed by atoms with van der Waals surface area (Å²) in [6, 6.07) is 3.41. The van der Waals surface area contributed by atoms with Crippen molar-refractivity contribution in [3.05, 3.63) is 35.9 Å². The number of anilines is 1. The molecule has 0 bridgehead atoms. The number of carbonyl (C=O) groups excluding carboxylic acids is 1. The van der Waals surface area contributed by atoms with E-state index in [0.717, 1.165) is 12.0 Å². The molecule has 162 valence electrons. The normalized spacial score (nSPS) is 18.2. The second-order valence-corrected chi connectivity index (χ2v) is 9.23. The third-order valence-corrected chi connectivity index (χ3v) is 6.34.